The zero-order valence-electron chi connectivity index (χ0n) is 7.99. The van der Waals surface area contributed by atoms with E-state index in [9.17, 15) is 4.79 Å². The van der Waals surface area contributed by atoms with Crippen LogP contribution in [-0.2, 0) is 0 Å². The molecule has 0 aliphatic rings. The van der Waals surface area contributed by atoms with Gasteiger partial charge in [0.1, 0.15) is 4.88 Å². The SMILES string of the molecule is CC[C@H](CO)NC(=O)c1sccc1N. The predicted molar refractivity (Wildman–Crippen MR) is 57.4 cm³/mol. The lowest BCUT2D eigenvalue weighted by Crippen LogP contribution is -2.36. The molecular weight excluding hydrogens is 200 g/mol. The van der Waals surface area contributed by atoms with Gasteiger partial charge in [0.25, 0.3) is 5.91 Å². The van der Waals surface area contributed by atoms with E-state index in [2.05, 4.69) is 5.32 Å². The fraction of sp³-hybridized carbons (Fsp3) is 0.444. The van der Waals surface area contributed by atoms with Crippen LogP contribution in [0.15, 0.2) is 11.4 Å². The fourth-order valence-corrected chi connectivity index (χ4v) is 1.75. The Balaban J connectivity index is 2.63. The van der Waals surface area contributed by atoms with Crippen LogP contribution in [0.5, 0.6) is 0 Å². The van der Waals surface area contributed by atoms with Crippen LogP contribution in [0.25, 0.3) is 0 Å². The number of thiophene rings is 1. The summed E-state index contributed by atoms with van der Waals surface area (Å²) in [4.78, 5) is 12.1. The monoisotopic (exact) mass is 214 g/mol. The first kappa shape index (κ1) is 11.0. The quantitative estimate of drug-likeness (QED) is 0.695. The predicted octanol–water partition coefficient (Wildman–Crippen LogP) is 0.831. The third-order valence-electron chi connectivity index (χ3n) is 1.95. The van der Waals surface area contributed by atoms with Crippen molar-refractivity contribution in [3.8, 4) is 0 Å². The van der Waals surface area contributed by atoms with Crippen molar-refractivity contribution in [2.45, 2.75) is 19.4 Å². The van der Waals surface area contributed by atoms with Gasteiger partial charge in [-0.05, 0) is 17.9 Å². The summed E-state index contributed by atoms with van der Waals surface area (Å²) in [5, 5.41) is 13.4. The molecule has 4 N–H and O–H groups in total. The van der Waals surface area contributed by atoms with Crippen LogP contribution in [0.2, 0.25) is 0 Å². The van der Waals surface area contributed by atoms with Gasteiger partial charge in [-0.25, -0.2) is 0 Å². The third kappa shape index (κ3) is 2.46. The maximum Gasteiger partial charge on any atom is 0.263 e. The molecule has 0 aliphatic heterocycles. The molecule has 1 aromatic heterocycles. The van der Waals surface area contributed by atoms with Gasteiger partial charge in [-0.1, -0.05) is 6.92 Å². The molecule has 5 heteroatoms. The molecule has 1 atom stereocenters. The highest BCUT2D eigenvalue weighted by Crippen LogP contribution is 2.18. The van der Waals surface area contributed by atoms with Gasteiger partial charge in [-0.3, -0.25) is 4.79 Å². The molecule has 1 heterocycles. The zero-order chi connectivity index (χ0) is 10.6. The van der Waals surface area contributed by atoms with E-state index in [1.54, 1.807) is 11.4 Å². The Morgan fingerprint density at radius 3 is 2.93 bits per heavy atom. The summed E-state index contributed by atoms with van der Waals surface area (Å²) in [7, 11) is 0. The number of aliphatic hydroxyl groups excluding tert-OH is 1. The van der Waals surface area contributed by atoms with Crippen molar-refractivity contribution >= 4 is 22.9 Å². The first-order valence-electron chi connectivity index (χ1n) is 4.43. The highest BCUT2D eigenvalue weighted by Gasteiger charge is 2.14. The number of nitrogens with two attached hydrogens (primary N) is 1. The Kier molecular flexibility index (Phi) is 3.91. The average molecular weight is 214 g/mol. The molecule has 0 radical (unpaired) electrons. The number of carbonyl (C=O) groups excluding carboxylic acids is 1. The van der Waals surface area contributed by atoms with Crippen molar-refractivity contribution in [1.82, 2.24) is 5.32 Å². The van der Waals surface area contributed by atoms with Crippen LogP contribution in [0.1, 0.15) is 23.0 Å². The summed E-state index contributed by atoms with van der Waals surface area (Å²) in [5.74, 6) is -0.210. The van der Waals surface area contributed by atoms with Crippen molar-refractivity contribution in [2.24, 2.45) is 0 Å². The number of hydrogen-bond acceptors (Lipinski definition) is 4. The summed E-state index contributed by atoms with van der Waals surface area (Å²) >= 11 is 1.30. The number of nitrogen functional groups attached to an aromatic ring is 1. The van der Waals surface area contributed by atoms with E-state index in [-0.39, 0.29) is 18.6 Å². The van der Waals surface area contributed by atoms with Gasteiger partial charge in [0, 0.05) is 0 Å². The standard InChI is InChI=1S/C9H14N2O2S/c1-2-6(5-12)11-9(13)8-7(10)3-4-14-8/h3-4,6,12H,2,5,10H2,1H3,(H,11,13)/t6-/m1/s1. The lowest BCUT2D eigenvalue weighted by molar-refractivity contribution is 0.0920. The van der Waals surface area contributed by atoms with Crippen molar-refractivity contribution in [2.75, 3.05) is 12.3 Å². The molecule has 14 heavy (non-hydrogen) atoms. The number of nitrogens with one attached hydrogen (secondary N) is 1. The van der Waals surface area contributed by atoms with Gasteiger partial charge in [0.05, 0.1) is 18.3 Å². The van der Waals surface area contributed by atoms with Gasteiger partial charge >= 0.3 is 0 Å². The highest BCUT2D eigenvalue weighted by molar-refractivity contribution is 7.12. The third-order valence-corrected chi connectivity index (χ3v) is 2.88. The molecule has 1 aromatic rings. The van der Waals surface area contributed by atoms with Gasteiger partial charge in [0.2, 0.25) is 0 Å². The lowest BCUT2D eigenvalue weighted by atomic mass is 10.2. The molecule has 1 amide bonds. The topological polar surface area (TPSA) is 75.3 Å². The summed E-state index contributed by atoms with van der Waals surface area (Å²) in [6.45, 7) is 1.85. The van der Waals surface area contributed by atoms with Crippen LogP contribution in [0.4, 0.5) is 5.69 Å². The van der Waals surface area contributed by atoms with Gasteiger partial charge in [-0.15, -0.1) is 11.3 Å². The second kappa shape index (κ2) is 4.97. The number of amides is 1. The maximum absolute atomic E-state index is 11.6. The van der Waals surface area contributed by atoms with Crippen LogP contribution in [-0.4, -0.2) is 23.7 Å². The Hall–Kier alpha value is -1.07. The summed E-state index contributed by atoms with van der Waals surface area (Å²) in [6.07, 6.45) is 0.702. The molecule has 1 rings (SSSR count). The number of carbonyl (C=O) groups is 1. The molecule has 0 saturated carbocycles. The molecule has 0 unspecified atom stereocenters. The highest BCUT2D eigenvalue weighted by atomic mass is 32.1. The molecule has 4 nitrogen and oxygen atoms in total. The molecular formula is C9H14N2O2S. The smallest absolute Gasteiger partial charge is 0.263 e. The van der Waals surface area contributed by atoms with Crippen molar-refractivity contribution < 1.29 is 9.90 Å². The van der Waals surface area contributed by atoms with E-state index in [4.69, 9.17) is 10.8 Å². The second-order valence-electron chi connectivity index (χ2n) is 2.97. The molecule has 0 aromatic carbocycles. The molecule has 0 spiro atoms. The Bertz CT molecular complexity index is 308. The Labute approximate surface area is 86.7 Å². The van der Waals surface area contributed by atoms with Crippen LogP contribution < -0.4 is 11.1 Å². The van der Waals surface area contributed by atoms with Crippen molar-refractivity contribution in [1.29, 1.82) is 0 Å². The van der Waals surface area contributed by atoms with Crippen LogP contribution >= 0.6 is 11.3 Å². The molecule has 78 valence electrons. The number of hydrogen-bond donors (Lipinski definition) is 3. The maximum atomic E-state index is 11.6. The van der Waals surface area contributed by atoms with Crippen LogP contribution in [0, 0.1) is 0 Å². The fourth-order valence-electron chi connectivity index (χ4n) is 1.03. The largest absolute Gasteiger partial charge is 0.397 e. The van der Waals surface area contributed by atoms with E-state index in [1.165, 1.54) is 11.3 Å². The number of aliphatic hydroxyl groups is 1. The second-order valence-corrected chi connectivity index (χ2v) is 3.88. The Morgan fingerprint density at radius 2 is 2.50 bits per heavy atom. The molecule has 0 fully saturated rings. The van der Waals surface area contributed by atoms with Crippen molar-refractivity contribution in [3.05, 3.63) is 16.3 Å². The Morgan fingerprint density at radius 1 is 1.79 bits per heavy atom. The van der Waals surface area contributed by atoms with E-state index in [0.717, 1.165) is 0 Å². The summed E-state index contributed by atoms with van der Waals surface area (Å²) in [5.41, 5.74) is 6.07. The minimum absolute atomic E-state index is 0.0481. The normalized spacial score (nSPS) is 12.4. The molecule has 0 aliphatic carbocycles. The minimum atomic E-state index is -0.210. The zero-order valence-corrected chi connectivity index (χ0v) is 8.80. The summed E-state index contributed by atoms with van der Waals surface area (Å²) < 4.78 is 0. The van der Waals surface area contributed by atoms with Gasteiger partial charge < -0.3 is 16.2 Å². The first-order valence-corrected chi connectivity index (χ1v) is 5.31. The summed E-state index contributed by atoms with van der Waals surface area (Å²) in [6, 6.07) is 1.50. The average Bonchev–Trinajstić information content (AvgIpc) is 2.60. The van der Waals surface area contributed by atoms with E-state index >= 15 is 0 Å². The molecule has 0 bridgehead atoms. The first-order chi connectivity index (χ1) is 6.69. The molecule has 0 saturated heterocycles. The van der Waals surface area contributed by atoms with Crippen LogP contribution in [0.3, 0.4) is 0 Å². The van der Waals surface area contributed by atoms with E-state index < -0.39 is 0 Å². The van der Waals surface area contributed by atoms with Gasteiger partial charge in [0.15, 0.2) is 0 Å². The van der Waals surface area contributed by atoms with Gasteiger partial charge in [-0.2, -0.15) is 0 Å². The van der Waals surface area contributed by atoms with Crippen molar-refractivity contribution in [3.63, 3.8) is 0 Å². The number of anilines is 1. The van der Waals surface area contributed by atoms with E-state index in [0.29, 0.717) is 17.0 Å². The number of rotatable bonds is 4. The van der Waals surface area contributed by atoms with E-state index in [1.807, 2.05) is 6.92 Å². The lowest BCUT2D eigenvalue weighted by Gasteiger charge is -2.13. The minimum Gasteiger partial charge on any atom is -0.397 e.